The van der Waals surface area contributed by atoms with Crippen LogP contribution in [0.5, 0.6) is 11.5 Å². The lowest BCUT2D eigenvalue weighted by atomic mass is 10.2. The molecule has 10 heteroatoms. The number of halogens is 2. The van der Waals surface area contributed by atoms with Crippen molar-refractivity contribution in [2.75, 3.05) is 31.5 Å². The summed E-state index contributed by atoms with van der Waals surface area (Å²) in [6, 6.07) is 14.2. The zero-order valence-corrected chi connectivity index (χ0v) is 19.5. The smallest absolute Gasteiger partial charge is 0.344 e. The Kier molecular flexibility index (Phi) is 7.17. The van der Waals surface area contributed by atoms with Crippen molar-refractivity contribution in [1.82, 2.24) is 19.6 Å². The van der Waals surface area contributed by atoms with Crippen molar-refractivity contribution in [1.29, 1.82) is 0 Å². The average Bonchev–Trinajstić information content (AvgIpc) is 3.23. The van der Waals surface area contributed by atoms with Crippen LogP contribution >= 0.6 is 23.2 Å². The minimum atomic E-state index is -0.232. The van der Waals surface area contributed by atoms with Crippen LogP contribution in [0, 0.1) is 0 Å². The van der Waals surface area contributed by atoms with E-state index in [0.717, 1.165) is 5.56 Å². The van der Waals surface area contributed by atoms with Crippen molar-refractivity contribution in [3.8, 4) is 11.5 Å². The molecule has 1 aliphatic heterocycles. The summed E-state index contributed by atoms with van der Waals surface area (Å²) in [5.41, 5.74) is 1.03. The van der Waals surface area contributed by atoms with Gasteiger partial charge in [-0.2, -0.15) is 4.68 Å². The van der Waals surface area contributed by atoms with Crippen molar-refractivity contribution >= 4 is 41.0 Å². The van der Waals surface area contributed by atoms with Crippen molar-refractivity contribution in [3.05, 3.63) is 70.3 Å². The maximum absolute atomic E-state index is 12.7. The molecule has 0 radical (unpaired) electrons. The van der Waals surface area contributed by atoms with E-state index in [2.05, 4.69) is 15.3 Å². The summed E-state index contributed by atoms with van der Waals surface area (Å²) >= 11 is 12.2. The number of hydrogen-bond donors (Lipinski definition) is 1. The van der Waals surface area contributed by atoms with E-state index in [1.54, 1.807) is 47.5 Å². The fourth-order valence-electron chi connectivity index (χ4n) is 3.59. The average molecular weight is 488 g/mol. The van der Waals surface area contributed by atoms with E-state index in [1.807, 2.05) is 12.1 Å². The molecule has 1 aromatic heterocycles. The number of benzene rings is 2. The summed E-state index contributed by atoms with van der Waals surface area (Å²) in [4.78, 5) is 27.8. The molecule has 0 atom stereocenters. The first kappa shape index (κ1) is 23.1. The lowest BCUT2D eigenvalue weighted by molar-refractivity contribution is -0.114. The van der Waals surface area contributed by atoms with Gasteiger partial charge in [-0.1, -0.05) is 23.2 Å². The lowest BCUT2D eigenvalue weighted by Gasteiger charge is -2.34. The highest BCUT2D eigenvalue weighted by molar-refractivity contribution is 6.31. The third kappa shape index (κ3) is 6.25. The first-order valence-corrected chi connectivity index (χ1v) is 11.2. The van der Waals surface area contributed by atoms with Crippen molar-refractivity contribution in [3.63, 3.8) is 0 Å². The second kappa shape index (κ2) is 10.2. The molecule has 1 N–H and O–H groups in total. The number of anilines is 1. The molecular formula is C23H23Cl2N5O3. The zero-order chi connectivity index (χ0) is 23.4. The van der Waals surface area contributed by atoms with E-state index in [4.69, 9.17) is 27.9 Å². The Bertz CT molecular complexity index is 1140. The van der Waals surface area contributed by atoms with E-state index in [9.17, 15) is 9.59 Å². The second-order valence-electron chi connectivity index (χ2n) is 7.72. The molecule has 1 fully saturated rings. The Morgan fingerprint density at radius 2 is 1.70 bits per heavy atom. The number of rotatable bonds is 5. The van der Waals surface area contributed by atoms with Gasteiger partial charge in [0.15, 0.2) is 5.82 Å². The summed E-state index contributed by atoms with van der Waals surface area (Å²) in [6.45, 7) is 4.66. The quantitative estimate of drug-likeness (QED) is 0.562. The summed E-state index contributed by atoms with van der Waals surface area (Å²) in [5.74, 6) is 1.46. The molecule has 0 bridgehead atoms. The molecule has 1 aliphatic rings. The summed E-state index contributed by atoms with van der Waals surface area (Å²) in [6.07, 6.45) is 1.55. The molecule has 2 aromatic carbocycles. The number of aromatic nitrogens is 2. The van der Waals surface area contributed by atoms with Gasteiger partial charge < -0.3 is 15.0 Å². The number of piperazine rings is 1. The van der Waals surface area contributed by atoms with Crippen molar-refractivity contribution in [2.45, 2.75) is 13.5 Å². The molecule has 0 spiro atoms. The van der Waals surface area contributed by atoms with E-state index in [0.29, 0.717) is 60.1 Å². The van der Waals surface area contributed by atoms with Gasteiger partial charge in [-0.3, -0.25) is 9.69 Å². The first-order chi connectivity index (χ1) is 15.9. The van der Waals surface area contributed by atoms with E-state index in [-0.39, 0.29) is 11.9 Å². The molecule has 2 amide bonds. The van der Waals surface area contributed by atoms with E-state index >= 15 is 0 Å². The minimum Gasteiger partial charge on any atom is -0.457 e. The molecule has 1 saturated heterocycles. The van der Waals surface area contributed by atoms with Crippen LogP contribution in [0.1, 0.15) is 12.5 Å². The second-order valence-corrected chi connectivity index (χ2v) is 8.60. The van der Waals surface area contributed by atoms with Gasteiger partial charge in [-0.05, 0) is 48.0 Å². The van der Waals surface area contributed by atoms with Crippen LogP contribution in [0.3, 0.4) is 0 Å². The summed E-state index contributed by atoms with van der Waals surface area (Å²) in [5, 5.41) is 7.92. The Morgan fingerprint density at radius 3 is 2.39 bits per heavy atom. The Hall–Kier alpha value is -3.07. The third-order valence-electron chi connectivity index (χ3n) is 5.12. The third-order valence-corrected chi connectivity index (χ3v) is 5.59. The summed E-state index contributed by atoms with van der Waals surface area (Å²) < 4.78 is 7.17. The highest BCUT2D eigenvalue weighted by atomic mass is 35.5. The van der Waals surface area contributed by atoms with Gasteiger partial charge in [-0.25, -0.2) is 4.79 Å². The molecule has 172 valence electrons. The molecule has 2 heterocycles. The Labute approximate surface area is 201 Å². The molecular weight excluding hydrogens is 465 g/mol. The van der Waals surface area contributed by atoms with Crippen molar-refractivity contribution in [2.24, 2.45) is 0 Å². The highest BCUT2D eigenvalue weighted by Crippen LogP contribution is 2.28. The predicted octanol–water partition coefficient (Wildman–Crippen LogP) is 4.73. The van der Waals surface area contributed by atoms with Gasteiger partial charge in [0, 0.05) is 62.0 Å². The van der Waals surface area contributed by atoms with Crippen LogP contribution in [0.2, 0.25) is 10.0 Å². The number of carbonyl (C=O) groups excluding carboxylic acids is 2. The van der Waals surface area contributed by atoms with Crippen LogP contribution in [0.25, 0.3) is 0 Å². The molecule has 0 aliphatic carbocycles. The van der Waals surface area contributed by atoms with Crippen molar-refractivity contribution < 1.29 is 14.3 Å². The molecule has 0 saturated carbocycles. The zero-order valence-electron chi connectivity index (χ0n) is 18.0. The number of hydrogen-bond acceptors (Lipinski definition) is 5. The molecule has 3 aromatic rings. The van der Waals surface area contributed by atoms with Gasteiger partial charge in [0.05, 0.1) is 0 Å². The van der Waals surface area contributed by atoms with Crippen LogP contribution < -0.4 is 10.1 Å². The molecule has 8 nitrogen and oxygen atoms in total. The lowest BCUT2D eigenvalue weighted by Crippen LogP contribution is -2.49. The van der Waals surface area contributed by atoms with Crippen LogP contribution in [0.4, 0.5) is 10.6 Å². The summed E-state index contributed by atoms with van der Waals surface area (Å²) in [7, 11) is 0. The maximum Gasteiger partial charge on any atom is 0.344 e. The van der Waals surface area contributed by atoms with E-state index in [1.165, 1.54) is 11.6 Å². The van der Waals surface area contributed by atoms with Crippen LogP contribution in [-0.2, 0) is 11.3 Å². The van der Waals surface area contributed by atoms with Gasteiger partial charge in [-0.15, -0.1) is 5.10 Å². The largest absolute Gasteiger partial charge is 0.457 e. The van der Waals surface area contributed by atoms with Gasteiger partial charge >= 0.3 is 6.03 Å². The normalized spacial score (nSPS) is 14.2. The topological polar surface area (TPSA) is 79.7 Å². The number of ether oxygens (including phenoxy) is 1. The minimum absolute atomic E-state index is 0.215. The first-order valence-electron chi connectivity index (χ1n) is 10.4. The highest BCUT2D eigenvalue weighted by Gasteiger charge is 2.23. The SMILES string of the molecule is CC(=O)Nc1ccn(C(=O)N2CCN(Cc3cc(Cl)cc(Oc4ccc(Cl)cc4)c3)CC2)n1. The van der Waals surface area contributed by atoms with E-state index < -0.39 is 0 Å². The van der Waals surface area contributed by atoms with Gasteiger partial charge in [0.25, 0.3) is 0 Å². The van der Waals surface area contributed by atoms with Crippen LogP contribution in [0.15, 0.2) is 54.7 Å². The van der Waals surface area contributed by atoms with Crippen LogP contribution in [-0.4, -0.2) is 57.7 Å². The monoisotopic (exact) mass is 487 g/mol. The molecule has 33 heavy (non-hydrogen) atoms. The number of amides is 2. The fraction of sp³-hybridized carbons (Fsp3) is 0.261. The predicted molar refractivity (Wildman–Crippen MR) is 127 cm³/mol. The molecule has 0 unspecified atom stereocenters. The molecule has 4 rings (SSSR count). The standard InChI is InChI=1S/C23H23Cl2N5O3/c1-16(31)26-22-6-7-30(27-22)23(32)29-10-8-28(9-11-29)15-17-12-19(25)14-21(13-17)33-20-4-2-18(24)3-5-20/h2-7,12-14H,8-11,15H2,1H3,(H,26,27,31). The number of nitrogens with one attached hydrogen (secondary N) is 1. The number of carbonyl (C=O) groups is 2. The number of nitrogens with zero attached hydrogens (tertiary/aromatic N) is 4. The van der Waals surface area contributed by atoms with Gasteiger partial charge in [0.2, 0.25) is 5.91 Å². The van der Waals surface area contributed by atoms with Gasteiger partial charge in [0.1, 0.15) is 11.5 Å². The maximum atomic E-state index is 12.7. The fourth-order valence-corrected chi connectivity index (χ4v) is 3.96. The Balaban J connectivity index is 1.33. The Morgan fingerprint density at radius 1 is 0.970 bits per heavy atom.